The van der Waals surface area contributed by atoms with Gasteiger partial charge in [0, 0.05) is 30.0 Å². The first-order valence-corrected chi connectivity index (χ1v) is 12.1. The van der Waals surface area contributed by atoms with Crippen LogP contribution in [0.4, 0.5) is 5.82 Å². The summed E-state index contributed by atoms with van der Waals surface area (Å²) in [7, 11) is 0. The lowest BCUT2D eigenvalue weighted by Crippen LogP contribution is -2.45. The summed E-state index contributed by atoms with van der Waals surface area (Å²) in [6.45, 7) is 6.03. The molecule has 0 saturated carbocycles. The Morgan fingerprint density at radius 2 is 1.76 bits per heavy atom. The Balaban J connectivity index is 1.83. The van der Waals surface area contributed by atoms with Gasteiger partial charge in [-0.15, -0.1) is 11.3 Å². The average molecular weight is 479 g/mol. The summed E-state index contributed by atoms with van der Waals surface area (Å²) in [5, 5.41) is 7.59. The highest BCUT2D eigenvalue weighted by Gasteiger charge is 2.32. The number of rotatable bonds is 10. The van der Waals surface area contributed by atoms with Crippen molar-refractivity contribution in [2.24, 2.45) is 0 Å². The second-order valence-electron chi connectivity index (χ2n) is 8.34. The topological polar surface area (TPSA) is 91.4 Å². The van der Waals surface area contributed by atoms with Gasteiger partial charge in [-0.3, -0.25) is 14.4 Å². The number of thiophene rings is 1. The molecule has 0 bridgehead atoms. The van der Waals surface area contributed by atoms with Gasteiger partial charge in [-0.05, 0) is 49.9 Å². The van der Waals surface area contributed by atoms with Crippen molar-refractivity contribution in [1.29, 1.82) is 0 Å². The monoisotopic (exact) mass is 478 g/mol. The minimum absolute atomic E-state index is 0.0111. The van der Waals surface area contributed by atoms with Crippen LogP contribution in [0, 0.1) is 6.92 Å². The number of carbonyl (C=O) groups is 3. The van der Waals surface area contributed by atoms with E-state index < -0.39 is 6.04 Å². The van der Waals surface area contributed by atoms with Crippen molar-refractivity contribution in [3.63, 3.8) is 0 Å². The van der Waals surface area contributed by atoms with Crippen molar-refractivity contribution < 1.29 is 14.4 Å². The van der Waals surface area contributed by atoms with Gasteiger partial charge in [0.1, 0.15) is 11.9 Å². The zero-order chi connectivity index (χ0) is 24.5. The van der Waals surface area contributed by atoms with Gasteiger partial charge in [0.05, 0.1) is 6.54 Å². The lowest BCUT2D eigenvalue weighted by Gasteiger charge is -2.32. The van der Waals surface area contributed by atoms with E-state index in [9.17, 15) is 14.4 Å². The number of carbonyl (C=O) groups excluding carboxylic acids is 3. The zero-order valence-corrected chi connectivity index (χ0v) is 20.5. The summed E-state index contributed by atoms with van der Waals surface area (Å²) in [6, 6.07) is 15.8. The summed E-state index contributed by atoms with van der Waals surface area (Å²) < 4.78 is 0. The predicted octanol–water partition coefficient (Wildman–Crippen LogP) is 4.46. The summed E-state index contributed by atoms with van der Waals surface area (Å²) in [5.74, 6) is -0.387. The van der Waals surface area contributed by atoms with Crippen LogP contribution in [-0.4, -0.2) is 33.6 Å². The van der Waals surface area contributed by atoms with Gasteiger partial charge in [0.2, 0.25) is 17.7 Å². The molecule has 0 aliphatic heterocycles. The molecule has 0 aliphatic rings. The number of benzene rings is 1. The van der Waals surface area contributed by atoms with Crippen molar-refractivity contribution in [3.8, 4) is 0 Å². The first-order chi connectivity index (χ1) is 16.3. The van der Waals surface area contributed by atoms with Crippen LogP contribution in [0.5, 0.6) is 0 Å². The van der Waals surface area contributed by atoms with E-state index in [0.29, 0.717) is 5.82 Å². The average Bonchev–Trinajstić information content (AvgIpc) is 3.32. The van der Waals surface area contributed by atoms with Crippen molar-refractivity contribution in [2.75, 3.05) is 5.32 Å². The molecule has 2 aromatic heterocycles. The van der Waals surface area contributed by atoms with Crippen molar-refractivity contribution >= 4 is 34.9 Å². The molecule has 3 amide bonds. The molecule has 0 fully saturated rings. The Morgan fingerprint density at radius 3 is 2.38 bits per heavy atom. The summed E-state index contributed by atoms with van der Waals surface area (Å²) in [4.78, 5) is 45.8. The van der Waals surface area contributed by atoms with Crippen LogP contribution in [0.2, 0.25) is 0 Å². The highest BCUT2D eigenvalue weighted by molar-refractivity contribution is 7.09. The first-order valence-electron chi connectivity index (χ1n) is 11.2. The summed E-state index contributed by atoms with van der Waals surface area (Å²) in [6.07, 6.45) is 1.55. The van der Waals surface area contributed by atoms with Crippen LogP contribution in [0.25, 0.3) is 0 Å². The smallest absolute Gasteiger partial charge is 0.247 e. The van der Waals surface area contributed by atoms with Gasteiger partial charge >= 0.3 is 0 Å². The number of pyridine rings is 1. The molecule has 1 unspecified atom stereocenters. The highest BCUT2D eigenvalue weighted by atomic mass is 32.1. The molecular weight excluding hydrogens is 448 g/mol. The number of hydrogen-bond acceptors (Lipinski definition) is 5. The van der Waals surface area contributed by atoms with Crippen molar-refractivity contribution in [2.45, 2.75) is 52.2 Å². The van der Waals surface area contributed by atoms with Crippen LogP contribution in [0.1, 0.15) is 48.7 Å². The van der Waals surface area contributed by atoms with Gasteiger partial charge in [0.25, 0.3) is 0 Å². The van der Waals surface area contributed by atoms with Crippen molar-refractivity contribution in [3.05, 3.63) is 82.2 Å². The number of aromatic nitrogens is 1. The molecule has 0 spiro atoms. The van der Waals surface area contributed by atoms with Crippen LogP contribution < -0.4 is 10.6 Å². The maximum Gasteiger partial charge on any atom is 0.247 e. The maximum absolute atomic E-state index is 13.5. The number of amides is 3. The number of nitrogens with zero attached hydrogens (tertiary/aromatic N) is 2. The predicted molar refractivity (Wildman–Crippen MR) is 134 cm³/mol. The van der Waals surface area contributed by atoms with E-state index in [1.54, 1.807) is 29.3 Å². The van der Waals surface area contributed by atoms with E-state index in [4.69, 9.17) is 0 Å². The lowest BCUT2D eigenvalue weighted by atomic mass is 10.0. The Kier molecular flexibility index (Phi) is 8.93. The fourth-order valence-electron chi connectivity index (χ4n) is 3.49. The van der Waals surface area contributed by atoms with Crippen LogP contribution in [-0.2, 0) is 20.9 Å². The van der Waals surface area contributed by atoms with Gasteiger partial charge < -0.3 is 15.5 Å². The molecule has 3 rings (SSSR count). The molecule has 1 aromatic carbocycles. The SMILES string of the molecule is Cc1ccc(C(C(=O)NC(C)C)N(Cc2cccs2)C(=O)CCC(=O)Nc2ccccn2)cc1. The fourth-order valence-corrected chi connectivity index (χ4v) is 4.19. The molecule has 7 nitrogen and oxygen atoms in total. The number of nitrogens with one attached hydrogen (secondary N) is 2. The second kappa shape index (κ2) is 12.1. The molecule has 0 radical (unpaired) electrons. The normalized spacial score (nSPS) is 11.6. The van der Waals surface area contributed by atoms with Gasteiger partial charge in [-0.1, -0.05) is 42.0 Å². The number of anilines is 1. The Labute approximate surface area is 204 Å². The Bertz CT molecular complexity index is 1080. The molecule has 0 aliphatic carbocycles. The Morgan fingerprint density at radius 1 is 1.00 bits per heavy atom. The van der Waals surface area contributed by atoms with Gasteiger partial charge in [0.15, 0.2) is 0 Å². The molecular formula is C26H30N4O3S. The molecule has 178 valence electrons. The molecule has 2 N–H and O–H groups in total. The quantitative estimate of drug-likeness (QED) is 0.450. The summed E-state index contributed by atoms with van der Waals surface area (Å²) in [5.41, 5.74) is 1.79. The van der Waals surface area contributed by atoms with E-state index in [2.05, 4.69) is 15.6 Å². The maximum atomic E-state index is 13.5. The van der Waals surface area contributed by atoms with Crippen LogP contribution in [0.15, 0.2) is 66.2 Å². The molecule has 34 heavy (non-hydrogen) atoms. The van der Waals surface area contributed by atoms with Crippen molar-refractivity contribution in [1.82, 2.24) is 15.2 Å². The van der Waals surface area contributed by atoms with Gasteiger partial charge in [-0.2, -0.15) is 0 Å². The molecule has 8 heteroatoms. The van der Waals surface area contributed by atoms with Crippen LogP contribution >= 0.6 is 11.3 Å². The highest BCUT2D eigenvalue weighted by Crippen LogP contribution is 2.27. The molecule has 3 aromatic rings. The standard InChI is InChI=1S/C26H30N4O3S/c1-18(2)28-26(33)25(20-11-9-19(3)10-12-20)30(17-21-7-6-16-34-21)24(32)14-13-23(31)29-22-8-4-5-15-27-22/h4-12,15-16,18,25H,13-14,17H2,1-3H3,(H,28,33)(H,27,29,31). The third-order valence-electron chi connectivity index (χ3n) is 5.11. The fraction of sp³-hybridized carbons (Fsp3) is 0.308. The second-order valence-corrected chi connectivity index (χ2v) is 9.37. The number of aryl methyl sites for hydroxylation is 1. The lowest BCUT2D eigenvalue weighted by molar-refractivity contribution is -0.142. The zero-order valence-electron chi connectivity index (χ0n) is 19.7. The number of hydrogen-bond donors (Lipinski definition) is 2. The minimum atomic E-state index is -0.809. The third kappa shape index (κ3) is 7.25. The third-order valence-corrected chi connectivity index (χ3v) is 5.97. The van der Waals surface area contributed by atoms with E-state index >= 15 is 0 Å². The van der Waals surface area contributed by atoms with E-state index in [-0.39, 0.29) is 43.1 Å². The molecule has 0 saturated heterocycles. The van der Waals surface area contributed by atoms with E-state index in [1.807, 2.05) is 62.5 Å². The largest absolute Gasteiger partial charge is 0.352 e. The van der Waals surface area contributed by atoms with E-state index in [1.165, 1.54) is 11.3 Å². The Hall–Kier alpha value is -3.52. The molecule has 1 atom stereocenters. The van der Waals surface area contributed by atoms with Gasteiger partial charge in [-0.25, -0.2) is 4.98 Å². The first kappa shape index (κ1) is 25.1. The summed E-state index contributed by atoms with van der Waals surface area (Å²) >= 11 is 1.52. The molecule has 2 heterocycles. The van der Waals surface area contributed by atoms with Crippen LogP contribution in [0.3, 0.4) is 0 Å². The van der Waals surface area contributed by atoms with E-state index in [0.717, 1.165) is 16.0 Å². The minimum Gasteiger partial charge on any atom is -0.352 e.